The Morgan fingerprint density at radius 1 is 1.60 bits per heavy atom. The van der Waals surface area contributed by atoms with Crippen molar-refractivity contribution >= 4 is 5.97 Å². The zero-order chi connectivity index (χ0) is 8.15. The summed E-state index contributed by atoms with van der Waals surface area (Å²) in [4.78, 5) is 9.98. The number of aliphatic hydroxyl groups excluding tert-OH is 2. The number of rotatable bonds is 4. The largest absolute Gasteiger partial charge is 0.479 e. The number of aliphatic hydroxyl groups is 2. The van der Waals surface area contributed by atoms with Crippen molar-refractivity contribution < 1.29 is 20.1 Å². The zero-order valence-corrected chi connectivity index (χ0v) is 5.61. The van der Waals surface area contributed by atoms with E-state index in [2.05, 4.69) is 5.32 Å². The molecule has 0 bridgehead atoms. The summed E-state index contributed by atoms with van der Waals surface area (Å²) in [6.07, 6.45) is -2.95. The molecule has 4 N–H and O–H groups in total. The molecule has 5 nitrogen and oxygen atoms in total. The molecule has 0 aliphatic heterocycles. The van der Waals surface area contributed by atoms with E-state index in [1.54, 1.807) is 7.05 Å². The lowest BCUT2D eigenvalue weighted by molar-refractivity contribution is -0.152. The molecule has 5 heteroatoms. The Kier molecular flexibility index (Phi) is 3.94. The average molecular weight is 149 g/mol. The molecule has 0 aromatic rings. The van der Waals surface area contributed by atoms with Gasteiger partial charge in [-0.25, -0.2) is 4.79 Å². The van der Waals surface area contributed by atoms with Gasteiger partial charge in [-0.15, -0.1) is 0 Å². The summed E-state index contributed by atoms with van der Waals surface area (Å²) in [5.74, 6) is -1.41. The van der Waals surface area contributed by atoms with Crippen molar-refractivity contribution in [2.24, 2.45) is 0 Å². The van der Waals surface area contributed by atoms with Gasteiger partial charge in [0.1, 0.15) is 6.10 Å². The molecule has 0 aromatic heterocycles. The first-order valence-electron chi connectivity index (χ1n) is 2.83. The SMILES string of the molecule is CNCC(O)[C@H](O)C(=O)O. The maximum absolute atomic E-state index is 9.98. The normalized spacial score (nSPS) is 16.3. The third kappa shape index (κ3) is 2.77. The van der Waals surface area contributed by atoms with Crippen LogP contribution in [0.1, 0.15) is 0 Å². The van der Waals surface area contributed by atoms with E-state index in [0.29, 0.717) is 0 Å². The standard InChI is InChI=1S/C5H11NO4/c1-6-2-3(7)4(8)5(9)10/h3-4,6-8H,2H2,1H3,(H,9,10)/t3?,4-/m0/s1. The topological polar surface area (TPSA) is 89.8 Å². The van der Waals surface area contributed by atoms with E-state index >= 15 is 0 Å². The molecule has 1 unspecified atom stereocenters. The van der Waals surface area contributed by atoms with Crippen LogP contribution in [-0.2, 0) is 4.79 Å². The van der Waals surface area contributed by atoms with Crippen molar-refractivity contribution in [2.75, 3.05) is 13.6 Å². The highest BCUT2D eigenvalue weighted by molar-refractivity contribution is 5.72. The number of carboxylic acids is 1. The van der Waals surface area contributed by atoms with Gasteiger partial charge < -0.3 is 20.6 Å². The van der Waals surface area contributed by atoms with Crippen LogP contribution in [0.4, 0.5) is 0 Å². The Morgan fingerprint density at radius 3 is 2.40 bits per heavy atom. The van der Waals surface area contributed by atoms with E-state index in [4.69, 9.17) is 15.3 Å². The zero-order valence-electron chi connectivity index (χ0n) is 5.61. The van der Waals surface area contributed by atoms with Crippen molar-refractivity contribution in [3.05, 3.63) is 0 Å². The fourth-order valence-electron chi connectivity index (χ4n) is 0.485. The van der Waals surface area contributed by atoms with E-state index in [-0.39, 0.29) is 6.54 Å². The molecule has 0 radical (unpaired) electrons. The average Bonchev–Trinajstić information content (AvgIpc) is 1.87. The molecule has 0 saturated heterocycles. The number of hydrogen-bond donors (Lipinski definition) is 4. The van der Waals surface area contributed by atoms with Gasteiger partial charge in [0, 0.05) is 6.54 Å². The number of carbonyl (C=O) groups is 1. The lowest BCUT2D eigenvalue weighted by Gasteiger charge is -2.12. The molecule has 0 spiro atoms. The summed E-state index contributed by atoms with van der Waals surface area (Å²) in [6.45, 7) is 0.0630. The number of carboxylic acid groups (broad SMARTS) is 1. The molecular formula is C5H11NO4. The molecule has 10 heavy (non-hydrogen) atoms. The third-order valence-corrected chi connectivity index (χ3v) is 1.03. The Bertz CT molecular complexity index is 116. The van der Waals surface area contributed by atoms with E-state index in [9.17, 15) is 4.79 Å². The van der Waals surface area contributed by atoms with Gasteiger partial charge in [0.25, 0.3) is 0 Å². The Hall–Kier alpha value is -0.650. The molecule has 0 heterocycles. The quantitative estimate of drug-likeness (QED) is 0.371. The molecule has 0 amide bonds. The number of aliphatic carboxylic acids is 1. The molecule has 0 rings (SSSR count). The van der Waals surface area contributed by atoms with Crippen molar-refractivity contribution in [2.45, 2.75) is 12.2 Å². The van der Waals surface area contributed by atoms with Crippen LogP contribution in [0.15, 0.2) is 0 Å². The first kappa shape index (κ1) is 9.35. The summed E-state index contributed by atoms with van der Waals surface area (Å²) in [5.41, 5.74) is 0. The van der Waals surface area contributed by atoms with Crippen LogP contribution in [0, 0.1) is 0 Å². The van der Waals surface area contributed by atoms with Crippen LogP contribution >= 0.6 is 0 Å². The molecule has 60 valence electrons. The molecule has 0 aliphatic carbocycles. The Morgan fingerprint density at radius 2 is 2.10 bits per heavy atom. The summed E-state index contributed by atoms with van der Waals surface area (Å²) in [7, 11) is 1.55. The fraction of sp³-hybridized carbons (Fsp3) is 0.800. The highest BCUT2D eigenvalue weighted by Gasteiger charge is 2.22. The molecular weight excluding hydrogens is 138 g/mol. The number of hydrogen-bond acceptors (Lipinski definition) is 4. The Balaban J connectivity index is 3.69. The van der Waals surface area contributed by atoms with Crippen molar-refractivity contribution in [1.29, 1.82) is 0 Å². The molecule has 0 aliphatic rings. The first-order valence-corrected chi connectivity index (χ1v) is 2.83. The first-order chi connectivity index (χ1) is 4.59. The second-order valence-corrected chi connectivity index (χ2v) is 1.91. The van der Waals surface area contributed by atoms with Crippen LogP contribution in [0.2, 0.25) is 0 Å². The van der Waals surface area contributed by atoms with Gasteiger partial charge in [0.15, 0.2) is 6.10 Å². The second kappa shape index (κ2) is 4.21. The maximum atomic E-state index is 9.98. The minimum Gasteiger partial charge on any atom is -0.479 e. The van der Waals surface area contributed by atoms with E-state index in [1.165, 1.54) is 0 Å². The smallest absolute Gasteiger partial charge is 0.335 e. The molecule has 0 fully saturated rings. The summed E-state index contributed by atoms with van der Waals surface area (Å²) in [5, 5.41) is 28.1. The van der Waals surface area contributed by atoms with Crippen LogP contribution in [0.25, 0.3) is 0 Å². The van der Waals surface area contributed by atoms with Crippen LogP contribution in [0.3, 0.4) is 0 Å². The van der Waals surface area contributed by atoms with Gasteiger partial charge in [-0.05, 0) is 7.05 Å². The molecule has 0 aromatic carbocycles. The van der Waals surface area contributed by atoms with E-state index < -0.39 is 18.2 Å². The lowest BCUT2D eigenvalue weighted by Crippen LogP contribution is -2.39. The van der Waals surface area contributed by atoms with Gasteiger partial charge in [-0.1, -0.05) is 0 Å². The number of likely N-dealkylation sites (N-methyl/N-ethyl adjacent to an activating group) is 1. The Labute approximate surface area is 58.3 Å². The maximum Gasteiger partial charge on any atom is 0.335 e. The lowest BCUT2D eigenvalue weighted by atomic mass is 10.2. The molecule has 2 atom stereocenters. The predicted octanol–water partition coefficient (Wildman–Crippen LogP) is -1.99. The fourth-order valence-corrected chi connectivity index (χ4v) is 0.485. The van der Waals surface area contributed by atoms with Gasteiger partial charge in [0.05, 0.1) is 0 Å². The predicted molar refractivity (Wildman–Crippen MR) is 33.6 cm³/mol. The van der Waals surface area contributed by atoms with Crippen molar-refractivity contribution in [3.8, 4) is 0 Å². The monoisotopic (exact) mass is 149 g/mol. The van der Waals surface area contributed by atoms with Crippen molar-refractivity contribution in [1.82, 2.24) is 5.32 Å². The highest BCUT2D eigenvalue weighted by atomic mass is 16.4. The van der Waals surface area contributed by atoms with E-state index in [1.807, 2.05) is 0 Å². The minimum absolute atomic E-state index is 0.0630. The van der Waals surface area contributed by atoms with Crippen LogP contribution in [0.5, 0.6) is 0 Å². The van der Waals surface area contributed by atoms with Crippen molar-refractivity contribution in [3.63, 3.8) is 0 Å². The van der Waals surface area contributed by atoms with Crippen LogP contribution < -0.4 is 5.32 Å². The van der Waals surface area contributed by atoms with E-state index in [0.717, 1.165) is 0 Å². The van der Waals surface area contributed by atoms with Gasteiger partial charge in [-0.2, -0.15) is 0 Å². The minimum atomic E-state index is -1.70. The number of nitrogens with one attached hydrogen (secondary N) is 1. The third-order valence-electron chi connectivity index (χ3n) is 1.03. The highest BCUT2D eigenvalue weighted by Crippen LogP contribution is 1.90. The van der Waals surface area contributed by atoms with Crippen LogP contribution in [-0.4, -0.2) is 47.1 Å². The summed E-state index contributed by atoms with van der Waals surface area (Å²) >= 11 is 0. The molecule has 0 saturated carbocycles. The van der Waals surface area contributed by atoms with Gasteiger partial charge in [0.2, 0.25) is 0 Å². The summed E-state index contributed by atoms with van der Waals surface area (Å²) in [6, 6.07) is 0. The van der Waals surface area contributed by atoms with Gasteiger partial charge in [-0.3, -0.25) is 0 Å². The second-order valence-electron chi connectivity index (χ2n) is 1.91. The summed E-state index contributed by atoms with van der Waals surface area (Å²) < 4.78 is 0. The van der Waals surface area contributed by atoms with Gasteiger partial charge >= 0.3 is 5.97 Å².